The van der Waals surface area contributed by atoms with E-state index in [4.69, 9.17) is 4.74 Å². The maximum absolute atomic E-state index is 13.9. The van der Waals surface area contributed by atoms with Gasteiger partial charge in [-0.05, 0) is 44.4 Å². The summed E-state index contributed by atoms with van der Waals surface area (Å²) < 4.78 is 7.69. The lowest BCUT2D eigenvalue weighted by molar-refractivity contribution is -0.144. The molecule has 2 aliphatic carbocycles. The Morgan fingerprint density at radius 3 is 2.76 bits per heavy atom. The van der Waals surface area contributed by atoms with E-state index in [-0.39, 0.29) is 35.9 Å². The molecule has 4 fully saturated rings. The van der Waals surface area contributed by atoms with Crippen LogP contribution in [0.1, 0.15) is 90.3 Å². The third-order valence-corrected chi connectivity index (χ3v) is 7.87. The molecular weight excluding hydrogens is 422 g/mol. The van der Waals surface area contributed by atoms with Crippen molar-refractivity contribution in [2.24, 2.45) is 5.41 Å². The molecule has 182 valence electrons. The molecule has 5 rings (SSSR count). The van der Waals surface area contributed by atoms with Crippen molar-refractivity contribution >= 4 is 11.8 Å². The van der Waals surface area contributed by atoms with Gasteiger partial charge in [-0.1, -0.05) is 26.0 Å². The molecular formula is C24H37N5O4. The summed E-state index contributed by atoms with van der Waals surface area (Å²) in [6.45, 7) is 8.74. The molecule has 0 radical (unpaired) electrons. The highest BCUT2D eigenvalue weighted by molar-refractivity contribution is 5.90. The van der Waals surface area contributed by atoms with Crippen molar-refractivity contribution in [3.63, 3.8) is 0 Å². The first-order chi connectivity index (χ1) is 15.5. The fraction of sp³-hybridized carbons (Fsp3) is 0.833. The van der Waals surface area contributed by atoms with Crippen LogP contribution in [0, 0.1) is 5.41 Å². The number of carbonyl (C=O) groups excluding carboxylic acids is 2. The Morgan fingerprint density at radius 2 is 2.06 bits per heavy atom. The number of fused-ring (bicyclic) bond motifs is 2. The van der Waals surface area contributed by atoms with E-state index in [9.17, 15) is 14.7 Å². The largest absolute Gasteiger partial charge is 0.391 e. The maximum Gasteiger partial charge on any atom is 0.248 e. The van der Waals surface area contributed by atoms with Gasteiger partial charge in [0.05, 0.1) is 29.5 Å². The highest BCUT2D eigenvalue weighted by atomic mass is 16.5. The zero-order valence-electron chi connectivity index (χ0n) is 20.2. The lowest BCUT2D eigenvalue weighted by Crippen LogP contribution is -2.57. The van der Waals surface area contributed by atoms with Gasteiger partial charge in [0.25, 0.3) is 0 Å². The number of aliphatic hydroxyl groups excluding tert-OH is 1. The predicted molar refractivity (Wildman–Crippen MR) is 120 cm³/mol. The van der Waals surface area contributed by atoms with E-state index in [2.05, 4.69) is 22.6 Å². The molecule has 0 spiro atoms. The first kappa shape index (κ1) is 22.8. The highest BCUT2D eigenvalue weighted by Crippen LogP contribution is 2.44. The molecule has 0 aromatic carbocycles. The monoisotopic (exact) mass is 459 g/mol. The number of carbonyl (C=O) groups is 2. The standard InChI is InChI=1S/C24H37N5O4/c1-22(2,3)19(29-12-17(26-27-29)15-6-7-15)21(32)28-11-16(30)10-18(28)20(31)25-24-9-5-8-23(4,13-24)33-14-24/h12,15-16,18-19,30H,5-11,13-14H2,1-4H3,(H,25,31)/t16?,18?,19-,23?,24?/m0/s1. The van der Waals surface area contributed by atoms with Crippen LogP contribution in [0.4, 0.5) is 0 Å². The zero-order valence-corrected chi connectivity index (χ0v) is 20.2. The minimum Gasteiger partial charge on any atom is -0.391 e. The minimum atomic E-state index is -0.725. The second kappa shape index (κ2) is 7.77. The molecule has 3 heterocycles. The average molecular weight is 460 g/mol. The van der Waals surface area contributed by atoms with E-state index < -0.39 is 23.6 Å². The van der Waals surface area contributed by atoms with E-state index in [1.807, 2.05) is 27.0 Å². The number of nitrogens with zero attached hydrogens (tertiary/aromatic N) is 4. The Hall–Kier alpha value is -2.00. The van der Waals surface area contributed by atoms with Gasteiger partial charge in [0.1, 0.15) is 12.1 Å². The van der Waals surface area contributed by atoms with Gasteiger partial charge in [-0.3, -0.25) is 9.59 Å². The first-order valence-electron chi connectivity index (χ1n) is 12.3. The van der Waals surface area contributed by atoms with Crippen LogP contribution < -0.4 is 5.32 Å². The molecule has 5 atom stereocenters. The van der Waals surface area contributed by atoms with E-state index in [0.29, 0.717) is 12.5 Å². The Kier molecular flexibility index (Phi) is 5.36. The summed E-state index contributed by atoms with van der Waals surface area (Å²) >= 11 is 0. The summed E-state index contributed by atoms with van der Waals surface area (Å²) in [5, 5.41) is 22.3. The number of ether oxygens (including phenoxy) is 1. The molecule has 2 saturated heterocycles. The molecule has 2 aliphatic heterocycles. The SMILES string of the molecule is CC12CCCC(NC(=O)C3CC(O)CN3C(=O)[C@H](n3cc(C4CC4)nn3)C(C)(C)C)(CO1)C2. The molecule has 9 heteroatoms. The molecule has 1 aromatic heterocycles. The van der Waals surface area contributed by atoms with Crippen LogP contribution in [0.2, 0.25) is 0 Å². The van der Waals surface area contributed by atoms with Crippen molar-refractivity contribution in [1.29, 1.82) is 0 Å². The molecule has 2 saturated carbocycles. The van der Waals surface area contributed by atoms with Gasteiger partial charge in [0.15, 0.2) is 0 Å². The Labute approximate surface area is 195 Å². The topological polar surface area (TPSA) is 110 Å². The number of likely N-dealkylation sites (tertiary alicyclic amines) is 1. The van der Waals surface area contributed by atoms with Gasteiger partial charge < -0.3 is 20.1 Å². The third kappa shape index (κ3) is 4.30. The third-order valence-electron chi connectivity index (χ3n) is 7.87. The second-order valence-electron chi connectivity index (χ2n) is 12.1. The molecule has 4 unspecified atom stereocenters. The number of rotatable bonds is 5. The molecule has 2 bridgehead atoms. The molecule has 2 amide bonds. The van der Waals surface area contributed by atoms with Crippen LogP contribution >= 0.6 is 0 Å². The number of aliphatic hydroxyl groups is 1. The maximum atomic E-state index is 13.9. The average Bonchev–Trinajstić information content (AvgIpc) is 3.24. The fourth-order valence-corrected chi connectivity index (χ4v) is 6.07. The Morgan fingerprint density at radius 1 is 1.30 bits per heavy atom. The van der Waals surface area contributed by atoms with Crippen LogP contribution in [0.15, 0.2) is 6.20 Å². The van der Waals surface area contributed by atoms with E-state index in [1.54, 1.807) is 9.58 Å². The van der Waals surface area contributed by atoms with Crippen LogP contribution in [-0.4, -0.2) is 73.3 Å². The molecule has 2 N–H and O–H groups in total. The minimum absolute atomic E-state index is 0.148. The Balaban J connectivity index is 1.36. The number of hydrogen-bond acceptors (Lipinski definition) is 6. The summed E-state index contributed by atoms with van der Waals surface area (Å²) in [4.78, 5) is 28.9. The van der Waals surface area contributed by atoms with Crippen LogP contribution in [0.25, 0.3) is 0 Å². The highest BCUT2D eigenvalue weighted by Gasteiger charge is 2.52. The summed E-state index contributed by atoms with van der Waals surface area (Å²) in [6, 6.07) is -1.31. The summed E-state index contributed by atoms with van der Waals surface area (Å²) in [6.07, 6.45) is 7.30. The molecule has 9 nitrogen and oxygen atoms in total. The number of nitrogens with one attached hydrogen (secondary N) is 1. The lowest BCUT2D eigenvalue weighted by Gasteiger charge is -2.38. The quantitative estimate of drug-likeness (QED) is 0.696. The van der Waals surface area contributed by atoms with Gasteiger partial charge in [-0.2, -0.15) is 0 Å². The number of amides is 2. The first-order valence-corrected chi connectivity index (χ1v) is 12.3. The Bertz CT molecular complexity index is 938. The van der Waals surface area contributed by atoms with Crippen LogP contribution in [-0.2, 0) is 14.3 Å². The van der Waals surface area contributed by atoms with Gasteiger partial charge >= 0.3 is 0 Å². The van der Waals surface area contributed by atoms with E-state index >= 15 is 0 Å². The number of hydrogen-bond donors (Lipinski definition) is 2. The lowest BCUT2D eigenvalue weighted by atomic mass is 9.77. The molecule has 33 heavy (non-hydrogen) atoms. The van der Waals surface area contributed by atoms with E-state index in [0.717, 1.165) is 44.2 Å². The van der Waals surface area contributed by atoms with Gasteiger partial charge in [-0.25, -0.2) is 4.68 Å². The van der Waals surface area contributed by atoms with E-state index in [1.165, 1.54) is 0 Å². The molecule has 4 aliphatic rings. The van der Waals surface area contributed by atoms with Crippen LogP contribution in [0.3, 0.4) is 0 Å². The number of aromatic nitrogens is 3. The van der Waals surface area contributed by atoms with Crippen LogP contribution in [0.5, 0.6) is 0 Å². The smallest absolute Gasteiger partial charge is 0.248 e. The summed E-state index contributed by atoms with van der Waals surface area (Å²) in [5.41, 5.74) is -0.0714. The summed E-state index contributed by atoms with van der Waals surface area (Å²) in [5.74, 6) is 0.0512. The summed E-state index contributed by atoms with van der Waals surface area (Å²) in [7, 11) is 0. The predicted octanol–water partition coefficient (Wildman–Crippen LogP) is 1.92. The van der Waals surface area contributed by atoms with Gasteiger partial charge in [0, 0.05) is 31.5 Å². The van der Waals surface area contributed by atoms with Crippen molar-refractivity contribution < 1.29 is 19.4 Å². The normalized spacial score (nSPS) is 35.0. The van der Waals surface area contributed by atoms with Gasteiger partial charge in [-0.15, -0.1) is 5.10 Å². The zero-order chi connectivity index (χ0) is 23.6. The van der Waals surface area contributed by atoms with Gasteiger partial charge in [0.2, 0.25) is 11.8 Å². The van der Waals surface area contributed by atoms with Crippen molar-refractivity contribution in [2.45, 2.75) is 108 Å². The van der Waals surface area contributed by atoms with Crippen molar-refractivity contribution in [3.8, 4) is 0 Å². The molecule has 1 aromatic rings. The van der Waals surface area contributed by atoms with Crippen molar-refractivity contribution in [1.82, 2.24) is 25.2 Å². The van der Waals surface area contributed by atoms with Crippen molar-refractivity contribution in [2.75, 3.05) is 13.2 Å². The number of β-amino-alcohol motifs (C(OH)–C–C–N with tert-alkyl or cyclic N) is 1. The fourth-order valence-electron chi connectivity index (χ4n) is 6.07. The second-order valence-corrected chi connectivity index (χ2v) is 12.1. The van der Waals surface area contributed by atoms with Crippen molar-refractivity contribution in [3.05, 3.63) is 11.9 Å².